The topological polar surface area (TPSA) is 92.4 Å². The van der Waals surface area contributed by atoms with E-state index in [1.165, 1.54) is 10.6 Å². The Labute approximate surface area is 199 Å². The van der Waals surface area contributed by atoms with E-state index < -0.39 is 12.6 Å². The molecule has 0 amide bonds. The lowest BCUT2D eigenvalue weighted by molar-refractivity contribution is -0.135. The van der Waals surface area contributed by atoms with Crippen LogP contribution in [0, 0.1) is 6.92 Å². The number of aliphatic hydroxyl groups is 1. The Hall–Kier alpha value is -3.17. The van der Waals surface area contributed by atoms with Crippen molar-refractivity contribution in [3.63, 3.8) is 0 Å². The van der Waals surface area contributed by atoms with Crippen molar-refractivity contribution in [2.75, 3.05) is 0 Å². The largest absolute Gasteiger partial charge is 0.483 e. The second kappa shape index (κ2) is 12.3. The summed E-state index contributed by atoms with van der Waals surface area (Å²) in [5, 5.41) is 17.0. The van der Waals surface area contributed by atoms with Crippen molar-refractivity contribution in [3.8, 4) is 11.3 Å². The van der Waals surface area contributed by atoms with Crippen LogP contribution in [0.15, 0.2) is 53.3 Å². The van der Waals surface area contributed by atoms with Gasteiger partial charge in [0.25, 0.3) is 12.0 Å². The summed E-state index contributed by atoms with van der Waals surface area (Å²) in [6.07, 6.45) is -5.42. The first kappa shape index (κ1) is 27.1. The van der Waals surface area contributed by atoms with Crippen molar-refractivity contribution in [2.45, 2.75) is 45.5 Å². The Morgan fingerprint density at radius 2 is 1.85 bits per heavy atom. The number of carbonyl (C=O) groups is 1. The molecular formula is C24H24ClF3N2O4. The summed E-state index contributed by atoms with van der Waals surface area (Å²) in [6, 6.07) is 13.7. The van der Waals surface area contributed by atoms with Crippen LogP contribution < -0.4 is 5.56 Å². The molecule has 0 unspecified atom stereocenters. The predicted octanol–water partition coefficient (Wildman–Crippen LogP) is 5.00. The number of aryl methyl sites for hydroxylation is 2. The molecule has 0 aliphatic heterocycles. The maximum Gasteiger partial charge on any atom is 0.389 e. The zero-order valence-corrected chi connectivity index (χ0v) is 19.1. The summed E-state index contributed by atoms with van der Waals surface area (Å²) in [5.74, 6) is 0.270. The fourth-order valence-electron chi connectivity index (χ4n) is 3.43. The zero-order chi connectivity index (χ0) is 25.3. The van der Waals surface area contributed by atoms with E-state index in [1.807, 2.05) is 31.2 Å². The average molecular weight is 497 g/mol. The highest BCUT2D eigenvalue weighted by atomic mass is 35.5. The molecule has 3 rings (SSSR count). The molecule has 0 spiro atoms. The summed E-state index contributed by atoms with van der Waals surface area (Å²) in [5.41, 5.74) is 2.81. The monoisotopic (exact) mass is 496 g/mol. The highest BCUT2D eigenvalue weighted by Gasteiger charge is 2.26. The molecule has 1 aromatic heterocycles. The number of aromatic nitrogens is 2. The van der Waals surface area contributed by atoms with Gasteiger partial charge in [0.1, 0.15) is 5.82 Å². The number of nitrogens with zero attached hydrogens (tertiary/aromatic N) is 2. The number of benzene rings is 2. The van der Waals surface area contributed by atoms with Gasteiger partial charge in [0.2, 0.25) is 0 Å². The zero-order valence-electron chi connectivity index (χ0n) is 18.3. The maximum atomic E-state index is 13.0. The Kier molecular flexibility index (Phi) is 9.83. The van der Waals surface area contributed by atoms with Crippen LogP contribution in [0.1, 0.15) is 35.4 Å². The Morgan fingerprint density at radius 3 is 2.47 bits per heavy atom. The van der Waals surface area contributed by atoms with E-state index in [0.29, 0.717) is 21.8 Å². The molecule has 0 fully saturated rings. The summed E-state index contributed by atoms with van der Waals surface area (Å²) < 4.78 is 39.4. The van der Waals surface area contributed by atoms with Crippen LogP contribution in [-0.4, -0.2) is 32.4 Å². The molecular weight excluding hydrogens is 473 g/mol. The summed E-state index contributed by atoms with van der Waals surface area (Å²) >= 11 is 5.98. The van der Waals surface area contributed by atoms with E-state index in [2.05, 4.69) is 4.98 Å². The number of halogens is 4. The Morgan fingerprint density at radius 1 is 1.15 bits per heavy atom. The lowest BCUT2D eigenvalue weighted by Gasteiger charge is -2.16. The van der Waals surface area contributed by atoms with Gasteiger partial charge >= 0.3 is 6.18 Å². The molecule has 0 saturated carbocycles. The van der Waals surface area contributed by atoms with Gasteiger partial charge in [0, 0.05) is 29.5 Å². The van der Waals surface area contributed by atoms with Gasteiger partial charge in [-0.2, -0.15) is 13.2 Å². The standard InChI is InChI=1S/C23H22ClF3N2O2.CH2O2/c1-15-4-2-5-16(10-15)13-29-21(6-3-9-23(25,26)27)28-20(12-22(29)31)19-8-7-18(24)11-17(19)14-30;2-1-3/h2,4-5,7-8,10-12,30H,3,6,9,13-14H2,1H3;1H,(H,2,3). The van der Waals surface area contributed by atoms with Crippen molar-refractivity contribution in [1.82, 2.24) is 9.55 Å². The van der Waals surface area contributed by atoms with E-state index in [-0.39, 0.29) is 43.8 Å². The van der Waals surface area contributed by atoms with E-state index in [1.54, 1.807) is 18.2 Å². The van der Waals surface area contributed by atoms with Crippen molar-refractivity contribution in [1.29, 1.82) is 0 Å². The van der Waals surface area contributed by atoms with Gasteiger partial charge in [0.15, 0.2) is 0 Å². The molecule has 34 heavy (non-hydrogen) atoms. The van der Waals surface area contributed by atoms with E-state index in [4.69, 9.17) is 21.5 Å². The van der Waals surface area contributed by atoms with E-state index in [0.717, 1.165) is 11.1 Å². The SMILES string of the molecule is Cc1cccc(Cn2c(CCCC(F)(F)F)nc(-c3ccc(Cl)cc3CO)cc2=O)c1.O=CO. The molecule has 2 aromatic carbocycles. The van der Waals surface area contributed by atoms with Crippen molar-refractivity contribution in [2.24, 2.45) is 0 Å². The van der Waals surface area contributed by atoms with Crippen LogP contribution in [-0.2, 0) is 24.4 Å². The number of aliphatic hydroxyl groups excluding tert-OH is 1. The number of rotatable bonds is 7. The molecule has 0 aliphatic carbocycles. The smallest absolute Gasteiger partial charge is 0.389 e. The van der Waals surface area contributed by atoms with Crippen LogP contribution in [0.25, 0.3) is 11.3 Å². The second-order valence-electron chi connectivity index (χ2n) is 7.50. The van der Waals surface area contributed by atoms with Gasteiger partial charge in [0.05, 0.1) is 18.8 Å². The van der Waals surface area contributed by atoms with Crippen LogP contribution in [0.5, 0.6) is 0 Å². The summed E-state index contributed by atoms with van der Waals surface area (Å²) in [7, 11) is 0. The van der Waals surface area contributed by atoms with Crippen molar-refractivity contribution < 1.29 is 28.2 Å². The molecule has 2 N–H and O–H groups in total. The highest BCUT2D eigenvalue weighted by Crippen LogP contribution is 2.26. The molecule has 0 saturated heterocycles. The van der Waals surface area contributed by atoms with Gasteiger partial charge in [-0.1, -0.05) is 47.5 Å². The van der Waals surface area contributed by atoms with Gasteiger partial charge in [-0.05, 0) is 36.6 Å². The molecule has 10 heteroatoms. The molecule has 0 radical (unpaired) electrons. The fourth-order valence-corrected chi connectivity index (χ4v) is 3.63. The van der Waals surface area contributed by atoms with Gasteiger partial charge in [-0.3, -0.25) is 14.2 Å². The van der Waals surface area contributed by atoms with Crippen LogP contribution in [0.4, 0.5) is 13.2 Å². The maximum absolute atomic E-state index is 13.0. The van der Waals surface area contributed by atoms with Gasteiger partial charge in [-0.15, -0.1) is 0 Å². The first-order valence-corrected chi connectivity index (χ1v) is 10.7. The molecule has 3 aromatic rings. The number of hydrogen-bond donors (Lipinski definition) is 2. The third-order valence-electron chi connectivity index (χ3n) is 4.88. The molecule has 0 aliphatic rings. The lowest BCUT2D eigenvalue weighted by atomic mass is 10.0. The number of carboxylic acid groups (broad SMARTS) is 1. The van der Waals surface area contributed by atoms with Crippen LogP contribution >= 0.6 is 11.6 Å². The van der Waals surface area contributed by atoms with Gasteiger partial charge in [-0.25, -0.2) is 4.98 Å². The normalized spacial score (nSPS) is 11.0. The number of hydrogen-bond acceptors (Lipinski definition) is 4. The van der Waals surface area contributed by atoms with E-state index >= 15 is 0 Å². The van der Waals surface area contributed by atoms with Gasteiger partial charge < -0.3 is 10.2 Å². The first-order valence-electron chi connectivity index (χ1n) is 10.3. The fraction of sp³-hybridized carbons (Fsp3) is 0.292. The second-order valence-corrected chi connectivity index (χ2v) is 7.94. The minimum atomic E-state index is -4.28. The van der Waals surface area contributed by atoms with E-state index in [9.17, 15) is 23.1 Å². The summed E-state index contributed by atoms with van der Waals surface area (Å²) in [4.78, 5) is 25.8. The summed E-state index contributed by atoms with van der Waals surface area (Å²) in [6.45, 7) is 1.57. The molecule has 1 heterocycles. The number of alkyl halides is 3. The first-order chi connectivity index (χ1) is 16.1. The Balaban J connectivity index is 0.00000129. The average Bonchev–Trinajstić information content (AvgIpc) is 2.75. The molecule has 0 atom stereocenters. The minimum absolute atomic E-state index is 0.00352. The molecule has 0 bridgehead atoms. The Bertz CT molecular complexity index is 1180. The van der Waals surface area contributed by atoms with Crippen molar-refractivity contribution in [3.05, 3.63) is 86.4 Å². The third kappa shape index (κ3) is 8.00. The quantitative estimate of drug-likeness (QED) is 0.449. The minimum Gasteiger partial charge on any atom is -0.483 e. The highest BCUT2D eigenvalue weighted by molar-refractivity contribution is 6.30. The lowest BCUT2D eigenvalue weighted by Crippen LogP contribution is -2.26. The van der Waals surface area contributed by atoms with Crippen LogP contribution in [0.2, 0.25) is 5.02 Å². The third-order valence-corrected chi connectivity index (χ3v) is 5.12. The molecule has 6 nitrogen and oxygen atoms in total. The predicted molar refractivity (Wildman–Crippen MR) is 123 cm³/mol. The van der Waals surface area contributed by atoms with Crippen molar-refractivity contribution >= 4 is 18.1 Å². The van der Waals surface area contributed by atoms with Crippen LogP contribution in [0.3, 0.4) is 0 Å². The molecule has 182 valence electrons.